The minimum absolute atomic E-state index is 0.0145. The van der Waals surface area contributed by atoms with Crippen LogP contribution in [0.1, 0.15) is 5.56 Å². The summed E-state index contributed by atoms with van der Waals surface area (Å²) in [5, 5.41) is 0. The molecule has 0 heterocycles. The maximum atomic E-state index is 11.6. The van der Waals surface area contributed by atoms with Crippen LogP contribution in [0.15, 0.2) is 30.3 Å². The molecule has 4 heteroatoms. The molecule has 1 rings (SSSR count). The quantitative estimate of drug-likeness (QED) is 0.719. The summed E-state index contributed by atoms with van der Waals surface area (Å²) in [6, 6.07) is 9.49. The fourth-order valence-electron chi connectivity index (χ4n) is 1.30. The molecule has 0 N–H and O–H groups in total. The van der Waals surface area contributed by atoms with Crippen LogP contribution in [0, 0.1) is 0 Å². The SMILES string of the molecule is COCCS(=O)CC(=O)Cc1ccccc1. The number of benzene rings is 1. The smallest absolute Gasteiger partial charge is 0.149 e. The van der Waals surface area contributed by atoms with Gasteiger partial charge in [-0.25, -0.2) is 0 Å². The van der Waals surface area contributed by atoms with Crippen molar-refractivity contribution in [1.82, 2.24) is 0 Å². The van der Waals surface area contributed by atoms with Gasteiger partial charge in [0.15, 0.2) is 0 Å². The zero-order valence-corrected chi connectivity index (χ0v) is 10.2. The standard InChI is InChI=1S/C12H16O3S/c1-15-7-8-16(14)10-12(13)9-11-5-3-2-4-6-11/h2-6H,7-10H2,1H3. The predicted molar refractivity (Wildman–Crippen MR) is 64.9 cm³/mol. The molecule has 1 unspecified atom stereocenters. The molecular weight excluding hydrogens is 224 g/mol. The first-order valence-corrected chi connectivity index (χ1v) is 6.60. The third-order valence-corrected chi connectivity index (χ3v) is 3.35. The molecule has 0 radical (unpaired) electrons. The molecule has 0 aliphatic carbocycles. The number of hydrogen-bond acceptors (Lipinski definition) is 3. The van der Waals surface area contributed by atoms with E-state index in [1.807, 2.05) is 30.3 Å². The molecule has 16 heavy (non-hydrogen) atoms. The van der Waals surface area contributed by atoms with E-state index in [2.05, 4.69) is 0 Å². The van der Waals surface area contributed by atoms with Gasteiger partial charge < -0.3 is 4.74 Å². The summed E-state index contributed by atoms with van der Waals surface area (Å²) in [5.74, 6) is 0.565. The highest BCUT2D eigenvalue weighted by Gasteiger charge is 2.08. The maximum absolute atomic E-state index is 11.6. The summed E-state index contributed by atoms with van der Waals surface area (Å²) in [4.78, 5) is 11.6. The van der Waals surface area contributed by atoms with E-state index in [1.54, 1.807) is 7.11 Å². The van der Waals surface area contributed by atoms with E-state index in [0.717, 1.165) is 5.56 Å². The predicted octanol–water partition coefficient (Wildman–Crippen LogP) is 1.19. The summed E-state index contributed by atoms with van der Waals surface area (Å²) >= 11 is 0. The van der Waals surface area contributed by atoms with Crippen molar-refractivity contribution < 1.29 is 13.7 Å². The average molecular weight is 240 g/mol. The van der Waals surface area contributed by atoms with Gasteiger partial charge in [-0.1, -0.05) is 30.3 Å². The van der Waals surface area contributed by atoms with Gasteiger partial charge in [-0.05, 0) is 5.56 Å². The van der Waals surface area contributed by atoms with Gasteiger partial charge in [0.2, 0.25) is 0 Å². The molecule has 3 nitrogen and oxygen atoms in total. The molecule has 1 aromatic carbocycles. The molecule has 0 bridgehead atoms. The van der Waals surface area contributed by atoms with Crippen LogP contribution in [-0.4, -0.2) is 35.2 Å². The third kappa shape index (κ3) is 5.19. The number of rotatable bonds is 7. The Morgan fingerprint density at radius 3 is 2.62 bits per heavy atom. The molecular formula is C12H16O3S. The van der Waals surface area contributed by atoms with E-state index in [9.17, 15) is 9.00 Å². The Balaban J connectivity index is 2.34. The van der Waals surface area contributed by atoms with Crippen LogP contribution in [0.25, 0.3) is 0 Å². The molecule has 0 spiro atoms. The van der Waals surface area contributed by atoms with Gasteiger partial charge in [0.05, 0.1) is 12.4 Å². The Bertz CT molecular complexity index is 349. The van der Waals surface area contributed by atoms with Crippen LogP contribution < -0.4 is 0 Å². The van der Waals surface area contributed by atoms with Gasteiger partial charge in [0.25, 0.3) is 0 Å². The largest absolute Gasteiger partial charge is 0.384 e. The fourth-order valence-corrected chi connectivity index (χ4v) is 2.26. The molecule has 0 fully saturated rings. The van der Waals surface area contributed by atoms with Crippen LogP contribution in [0.5, 0.6) is 0 Å². The van der Waals surface area contributed by atoms with Crippen molar-refractivity contribution in [1.29, 1.82) is 0 Å². The number of methoxy groups -OCH3 is 1. The van der Waals surface area contributed by atoms with Crippen LogP contribution in [-0.2, 0) is 26.8 Å². The zero-order valence-electron chi connectivity index (χ0n) is 9.35. The lowest BCUT2D eigenvalue weighted by molar-refractivity contribution is -0.116. The van der Waals surface area contributed by atoms with E-state index >= 15 is 0 Å². The summed E-state index contributed by atoms with van der Waals surface area (Å²) in [7, 11) is 0.460. The van der Waals surface area contributed by atoms with Gasteiger partial charge in [-0.3, -0.25) is 9.00 Å². The third-order valence-electron chi connectivity index (χ3n) is 2.08. The maximum Gasteiger partial charge on any atom is 0.149 e. The topological polar surface area (TPSA) is 43.4 Å². The first-order valence-electron chi connectivity index (χ1n) is 5.12. The normalized spacial score (nSPS) is 12.3. The number of hydrogen-bond donors (Lipinski definition) is 0. The van der Waals surface area contributed by atoms with Crippen molar-refractivity contribution in [2.24, 2.45) is 0 Å². The van der Waals surface area contributed by atoms with Crippen molar-refractivity contribution >= 4 is 16.6 Å². The molecule has 1 aromatic rings. The first kappa shape index (κ1) is 13.1. The second kappa shape index (κ2) is 7.30. The summed E-state index contributed by atoms with van der Waals surface area (Å²) in [5.41, 5.74) is 0.969. The Labute approximate surface area is 98.3 Å². The Hall–Kier alpha value is -1.00. The van der Waals surface area contributed by atoms with Gasteiger partial charge in [-0.2, -0.15) is 0 Å². The summed E-state index contributed by atoms with van der Waals surface area (Å²) < 4.78 is 16.2. The van der Waals surface area contributed by atoms with Crippen LogP contribution in [0.4, 0.5) is 0 Å². The number of ketones is 1. The van der Waals surface area contributed by atoms with Gasteiger partial charge >= 0.3 is 0 Å². The van der Waals surface area contributed by atoms with Gasteiger partial charge in [-0.15, -0.1) is 0 Å². The monoisotopic (exact) mass is 240 g/mol. The minimum Gasteiger partial charge on any atom is -0.384 e. The second-order valence-corrected chi connectivity index (χ2v) is 5.06. The van der Waals surface area contributed by atoms with Crippen LogP contribution in [0.2, 0.25) is 0 Å². The van der Waals surface area contributed by atoms with Crippen molar-refractivity contribution in [2.75, 3.05) is 25.2 Å². The molecule has 0 aliphatic rings. The Morgan fingerprint density at radius 2 is 2.00 bits per heavy atom. The van der Waals surface area contributed by atoms with Crippen molar-refractivity contribution in [3.05, 3.63) is 35.9 Å². The van der Waals surface area contributed by atoms with Crippen LogP contribution in [0.3, 0.4) is 0 Å². The molecule has 0 saturated heterocycles. The van der Waals surface area contributed by atoms with E-state index in [-0.39, 0.29) is 11.5 Å². The lowest BCUT2D eigenvalue weighted by Crippen LogP contribution is -2.17. The van der Waals surface area contributed by atoms with Gasteiger partial charge in [0.1, 0.15) is 5.78 Å². The number of Topliss-reactive ketones (excluding diaryl/α,β-unsaturated/α-hetero) is 1. The Kier molecular flexibility index (Phi) is 5.96. The molecule has 0 aromatic heterocycles. The highest BCUT2D eigenvalue weighted by atomic mass is 32.2. The summed E-state index contributed by atoms with van der Waals surface area (Å²) in [6.07, 6.45) is 0.361. The van der Waals surface area contributed by atoms with E-state index < -0.39 is 10.8 Å². The minimum atomic E-state index is -1.10. The lowest BCUT2D eigenvalue weighted by atomic mass is 10.1. The zero-order chi connectivity index (χ0) is 11.8. The van der Waals surface area contributed by atoms with Crippen molar-refractivity contribution in [2.45, 2.75) is 6.42 Å². The lowest BCUT2D eigenvalue weighted by Gasteiger charge is -2.01. The fraction of sp³-hybridized carbons (Fsp3) is 0.417. The number of ether oxygens (including phenoxy) is 1. The van der Waals surface area contributed by atoms with E-state index in [1.165, 1.54) is 0 Å². The molecule has 0 saturated carbocycles. The molecule has 0 aliphatic heterocycles. The number of carbonyl (C=O) groups is 1. The first-order chi connectivity index (χ1) is 7.72. The summed E-state index contributed by atoms with van der Waals surface area (Å²) in [6.45, 7) is 0.436. The molecule has 88 valence electrons. The van der Waals surface area contributed by atoms with Crippen molar-refractivity contribution in [3.8, 4) is 0 Å². The van der Waals surface area contributed by atoms with E-state index in [4.69, 9.17) is 4.74 Å². The number of carbonyl (C=O) groups excluding carboxylic acids is 1. The molecule has 0 amide bonds. The van der Waals surface area contributed by atoms with Gasteiger partial charge in [0, 0.05) is 30.1 Å². The highest BCUT2D eigenvalue weighted by molar-refractivity contribution is 7.85. The second-order valence-electron chi connectivity index (χ2n) is 3.48. The van der Waals surface area contributed by atoms with Crippen molar-refractivity contribution in [3.63, 3.8) is 0 Å². The Morgan fingerprint density at radius 1 is 1.31 bits per heavy atom. The molecule has 1 atom stereocenters. The van der Waals surface area contributed by atoms with E-state index in [0.29, 0.717) is 18.8 Å². The highest BCUT2D eigenvalue weighted by Crippen LogP contribution is 2.01. The average Bonchev–Trinajstić information content (AvgIpc) is 2.27. The van der Waals surface area contributed by atoms with Crippen LogP contribution >= 0.6 is 0 Å².